The number of benzene rings is 1. The van der Waals surface area contributed by atoms with Gasteiger partial charge in [-0.15, -0.1) is 0 Å². The molecule has 10 nitrogen and oxygen atoms in total. The summed E-state index contributed by atoms with van der Waals surface area (Å²) in [5, 5.41) is 10.6. The first kappa shape index (κ1) is 22.2. The third kappa shape index (κ3) is 7.84. The minimum atomic E-state index is -3.73. The summed E-state index contributed by atoms with van der Waals surface area (Å²) in [4.78, 5) is 31.8. The third-order valence-corrected chi connectivity index (χ3v) is 4.75. The molecule has 1 atom stereocenters. The minimum Gasteiger partial charge on any atom is -0.452 e. The molecule has 0 aliphatic rings. The second-order valence-electron chi connectivity index (χ2n) is 6.11. The molecule has 0 spiro atoms. The molecule has 1 unspecified atom stereocenters. The molecule has 4 N–H and O–H groups in total. The first-order valence-electron chi connectivity index (χ1n) is 8.85. The molecule has 156 valence electrons. The van der Waals surface area contributed by atoms with Crippen LogP contribution >= 0.6 is 0 Å². The summed E-state index contributed by atoms with van der Waals surface area (Å²) in [7, 11) is -3.73. The van der Waals surface area contributed by atoms with E-state index in [2.05, 4.69) is 20.6 Å². The Morgan fingerprint density at radius 2 is 1.79 bits per heavy atom. The SMILES string of the molecule is CC(OC(=O)CCNc1ncccn1)C(=O)NCCc1ccc(S(N)(=O)=O)cc1. The van der Waals surface area contributed by atoms with Gasteiger partial charge in [-0.2, -0.15) is 0 Å². The number of rotatable bonds is 10. The maximum Gasteiger partial charge on any atom is 0.308 e. The molecular formula is C18H23N5O5S. The zero-order valence-electron chi connectivity index (χ0n) is 15.9. The van der Waals surface area contributed by atoms with E-state index >= 15 is 0 Å². The lowest BCUT2D eigenvalue weighted by Gasteiger charge is -2.13. The van der Waals surface area contributed by atoms with Crippen molar-refractivity contribution in [1.29, 1.82) is 0 Å². The van der Waals surface area contributed by atoms with Crippen molar-refractivity contribution in [3.05, 3.63) is 48.3 Å². The van der Waals surface area contributed by atoms with Crippen LogP contribution < -0.4 is 15.8 Å². The summed E-state index contributed by atoms with van der Waals surface area (Å²) in [6.07, 6.45) is 2.77. The maximum atomic E-state index is 12.0. The monoisotopic (exact) mass is 421 g/mol. The van der Waals surface area contributed by atoms with Gasteiger partial charge in [-0.25, -0.2) is 23.5 Å². The molecule has 0 bridgehead atoms. The minimum absolute atomic E-state index is 0.0270. The van der Waals surface area contributed by atoms with Gasteiger partial charge in [0.25, 0.3) is 5.91 Å². The first-order valence-corrected chi connectivity index (χ1v) is 10.4. The van der Waals surface area contributed by atoms with Gasteiger partial charge in [0, 0.05) is 25.5 Å². The number of amides is 1. The number of ether oxygens (including phenoxy) is 1. The molecular weight excluding hydrogens is 398 g/mol. The molecule has 1 aromatic heterocycles. The van der Waals surface area contributed by atoms with Crippen molar-refractivity contribution in [2.45, 2.75) is 30.8 Å². The average molecular weight is 421 g/mol. The molecule has 0 radical (unpaired) electrons. The fraction of sp³-hybridized carbons (Fsp3) is 0.333. The van der Waals surface area contributed by atoms with Crippen molar-refractivity contribution in [3.63, 3.8) is 0 Å². The molecule has 0 saturated carbocycles. The van der Waals surface area contributed by atoms with Gasteiger partial charge in [0.05, 0.1) is 11.3 Å². The Labute approximate surface area is 168 Å². The second-order valence-corrected chi connectivity index (χ2v) is 7.67. The Morgan fingerprint density at radius 1 is 1.14 bits per heavy atom. The van der Waals surface area contributed by atoms with Crippen LogP contribution in [-0.4, -0.2) is 49.5 Å². The predicted molar refractivity (Wildman–Crippen MR) is 105 cm³/mol. The zero-order valence-corrected chi connectivity index (χ0v) is 16.7. The number of nitrogens with zero attached hydrogens (tertiary/aromatic N) is 2. The summed E-state index contributed by atoms with van der Waals surface area (Å²) >= 11 is 0. The van der Waals surface area contributed by atoms with Crippen LogP contribution in [0.1, 0.15) is 18.9 Å². The summed E-state index contributed by atoms with van der Waals surface area (Å²) in [5.41, 5.74) is 0.830. The predicted octanol–water partition coefficient (Wildman–Crippen LogP) is 0.217. The van der Waals surface area contributed by atoms with Crippen molar-refractivity contribution in [2.75, 3.05) is 18.4 Å². The smallest absolute Gasteiger partial charge is 0.308 e. The van der Waals surface area contributed by atoms with Crippen molar-refractivity contribution >= 4 is 27.8 Å². The number of hydrogen-bond donors (Lipinski definition) is 3. The van der Waals surface area contributed by atoms with Crippen LogP contribution in [-0.2, 0) is 30.8 Å². The van der Waals surface area contributed by atoms with Gasteiger partial charge in [-0.3, -0.25) is 9.59 Å². The van der Waals surface area contributed by atoms with Crippen molar-refractivity contribution in [2.24, 2.45) is 5.14 Å². The highest BCUT2D eigenvalue weighted by Crippen LogP contribution is 2.09. The van der Waals surface area contributed by atoms with E-state index in [1.807, 2.05) is 0 Å². The van der Waals surface area contributed by atoms with Gasteiger partial charge in [-0.1, -0.05) is 12.1 Å². The van der Waals surface area contributed by atoms with Gasteiger partial charge in [-0.05, 0) is 37.1 Å². The molecule has 2 aromatic rings. The number of esters is 1. The molecule has 2 rings (SSSR count). The van der Waals surface area contributed by atoms with E-state index < -0.39 is 28.0 Å². The lowest BCUT2D eigenvalue weighted by Crippen LogP contribution is -2.37. The summed E-state index contributed by atoms with van der Waals surface area (Å²) in [6.45, 7) is 2.08. The summed E-state index contributed by atoms with van der Waals surface area (Å²) in [6, 6.07) is 7.74. The maximum absolute atomic E-state index is 12.0. The number of nitrogens with two attached hydrogens (primary N) is 1. The van der Waals surface area contributed by atoms with E-state index in [0.717, 1.165) is 5.56 Å². The number of nitrogens with one attached hydrogen (secondary N) is 2. The molecule has 0 saturated heterocycles. The van der Waals surface area contributed by atoms with E-state index in [1.54, 1.807) is 30.6 Å². The van der Waals surface area contributed by atoms with Crippen LogP contribution in [0.4, 0.5) is 5.95 Å². The molecule has 29 heavy (non-hydrogen) atoms. The number of sulfonamides is 1. The van der Waals surface area contributed by atoms with Crippen LogP contribution in [0.3, 0.4) is 0 Å². The quantitative estimate of drug-likeness (QED) is 0.460. The highest BCUT2D eigenvalue weighted by atomic mass is 32.2. The van der Waals surface area contributed by atoms with Gasteiger partial charge in [0.1, 0.15) is 0 Å². The van der Waals surface area contributed by atoms with Crippen LogP contribution in [0.15, 0.2) is 47.6 Å². The standard InChI is InChI=1S/C18H23N5O5S/c1-13(28-16(24)8-12-23-18-21-9-2-10-22-18)17(25)20-11-7-14-3-5-15(6-4-14)29(19,26)27/h2-6,9-10,13H,7-8,11-12H2,1H3,(H,20,25)(H2,19,26,27)(H,21,22,23). The Morgan fingerprint density at radius 3 is 2.41 bits per heavy atom. The molecule has 1 heterocycles. The van der Waals surface area contributed by atoms with Crippen molar-refractivity contribution < 1.29 is 22.7 Å². The third-order valence-electron chi connectivity index (χ3n) is 3.82. The van der Waals surface area contributed by atoms with E-state index in [4.69, 9.17) is 9.88 Å². The fourth-order valence-corrected chi connectivity index (χ4v) is 2.81. The van der Waals surface area contributed by atoms with Crippen LogP contribution in [0.2, 0.25) is 0 Å². The lowest BCUT2D eigenvalue weighted by atomic mass is 10.1. The molecule has 0 fully saturated rings. The summed E-state index contributed by atoms with van der Waals surface area (Å²) < 4.78 is 27.5. The number of carbonyl (C=O) groups is 2. The van der Waals surface area contributed by atoms with Gasteiger partial charge >= 0.3 is 5.97 Å². The van der Waals surface area contributed by atoms with E-state index in [0.29, 0.717) is 18.9 Å². The highest BCUT2D eigenvalue weighted by molar-refractivity contribution is 7.89. The normalized spacial score (nSPS) is 12.1. The largest absolute Gasteiger partial charge is 0.452 e. The Balaban J connectivity index is 1.67. The Kier molecular flexibility index (Phi) is 8.04. The molecule has 1 aromatic carbocycles. The second kappa shape index (κ2) is 10.5. The Bertz CT molecular complexity index is 919. The van der Waals surface area contributed by atoms with Gasteiger partial charge in [0.2, 0.25) is 16.0 Å². The average Bonchev–Trinajstić information content (AvgIpc) is 2.68. The molecule has 0 aliphatic carbocycles. The van der Waals surface area contributed by atoms with Crippen LogP contribution in [0.5, 0.6) is 0 Å². The first-order chi connectivity index (χ1) is 13.8. The number of primary sulfonamides is 1. The topological polar surface area (TPSA) is 153 Å². The Hall–Kier alpha value is -3.05. The molecule has 0 aliphatic heterocycles. The lowest BCUT2D eigenvalue weighted by molar-refractivity contribution is -0.154. The number of aromatic nitrogens is 2. The van der Waals surface area contributed by atoms with E-state index in [-0.39, 0.29) is 17.9 Å². The van der Waals surface area contributed by atoms with Crippen LogP contribution in [0.25, 0.3) is 0 Å². The molecule has 11 heteroatoms. The number of hydrogen-bond acceptors (Lipinski definition) is 8. The highest BCUT2D eigenvalue weighted by Gasteiger charge is 2.17. The van der Waals surface area contributed by atoms with E-state index in [9.17, 15) is 18.0 Å². The van der Waals surface area contributed by atoms with Gasteiger partial charge < -0.3 is 15.4 Å². The number of anilines is 1. The van der Waals surface area contributed by atoms with Crippen LogP contribution in [0, 0.1) is 0 Å². The van der Waals surface area contributed by atoms with Gasteiger partial charge in [0.15, 0.2) is 6.10 Å². The van der Waals surface area contributed by atoms with Crippen molar-refractivity contribution in [3.8, 4) is 0 Å². The zero-order chi connectivity index (χ0) is 21.3. The van der Waals surface area contributed by atoms with Crippen molar-refractivity contribution in [1.82, 2.24) is 15.3 Å². The molecule has 1 amide bonds. The fourth-order valence-electron chi connectivity index (χ4n) is 2.30. The van der Waals surface area contributed by atoms with E-state index in [1.165, 1.54) is 19.1 Å². The summed E-state index contributed by atoms with van der Waals surface area (Å²) in [5.74, 6) is -0.531. The number of carbonyl (C=O) groups excluding carboxylic acids is 2.